The molecule has 1 aromatic heterocycles. The molecular weight excluding hydrogens is 450 g/mol. The normalized spacial score (nSPS) is 11.7. The van der Waals surface area contributed by atoms with Crippen molar-refractivity contribution < 1.29 is 14.3 Å². The van der Waals surface area contributed by atoms with Gasteiger partial charge in [0.05, 0.1) is 18.1 Å². The molecule has 2 N–H and O–H groups in total. The number of hydrogen-bond acceptors (Lipinski definition) is 4. The van der Waals surface area contributed by atoms with Crippen LogP contribution in [-0.2, 0) is 14.9 Å². The van der Waals surface area contributed by atoms with Gasteiger partial charge in [-0.3, -0.25) is 4.79 Å². The van der Waals surface area contributed by atoms with Gasteiger partial charge >= 0.3 is 5.97 Å². The molecule has 1 amide bonds. The van der Waals surface area contributed by atoms with Gasteiger partial charge in [0.25, 0.3) is 5.91 Å². The highest BCUT2D eigenvalue weighted by Crippen LogP contribution is 2.29. The lowest BCUT2D eigenvalue weighted by molar-refractivity contribution is -0.134. The standard InChI is InChI=1S/C30H31N3O3/c1-18-15-20(7-14-26(34)36-6)16-19(2)27(18)28-32-24-13-8-21(17-25(24)33-28)29(35)31-23-11-9-22(10-12-23)30(3,4)5/h7-17H,1-6H3,(H,31,35)(H,32,33)/b14-7+. The summed E-state index contributed by atoms with van der Waals surface area (Å²) in [6, 6.07) is 17.4. The summed E-state index contributed by atoms with van der Waals surface area (Å²) in [4.78, 5) is 32.5. The van der Waals surface area contributed by atoms with Crippen LogP contribution in [-0.4, -0.2) is 29.0 Å². The van der Waals surface area contributed by atoms with Crippen molar-refractivity contribution >= 4 is 34.7 Å². The fourth-order valence-corrected chi connectivity index (χ4v) is 4.23. The summed E-state index contributed by atoms with van der Waals surface area (Å²) in [6.45, 7) is 10.5. The number of carbonyl (C=O) groups is 2. The van der Waals surface area contributed by atoms with Crippen molar-refractivity contribution in [3.05, 3.63) is 88.5 Å². The van der Waals surface area contributed by atoms with Gasteiger partial charge in [0, 0.05) is 22.9 Å². The number of fused-ring (bicyclic) bond motifs is 1. The SMILES string of the molecule is COC(=O)/C=C/c1cc(C)c(-c2nc3ccc(C(=O)Nc4ccc(C(C)(C)C)cc4)cc3[nH]2)c(C)c1. The van der Waals surface area contributed by atoms with Gasteiger partial charge in [-0.05, 0) is 77.9 Å². The molecule has 0 bridgehead atoms. The lowest BCUT2D eigenvalue weighted by Crippen LogP contribution is -2.13. The van der Waals surface area contributed by atoms with E-state index >= 15 is 0 Å². The largest absolute Gasteiger partial charge is 0.466 e. The number of hydrogen-bond donors (Lipinski definition) is 2. The van der Waals surface area contributed by atoms with Gasteiger partial charge in [0.2, 0.25) is 0 Å². The van der Waals surface area contributed by atoms with Crippen LogP contribution >= 0.6 is 0 Å². The summed E-state index contributed by atoms with van der Waals surface area (Å²) in [5.74, 6) is 0.165. The molecule has 0 fully saturated rings. The van der Waals surface area contributed by atoms with E-state index in [4.69, 9.17) is 4.98 Å². The molecule has 0 aliphatic rings. The van der Waals surface area contributed by atoms with E-state index in [0.717, 1.165) is 44.8 Å². The zero-order valence-corrected chi connectivity index (χ0v) is 21.5. The summed E-state index contributed by atoms with van der Waals surface area (Å²) >= 11 is 0. The number of carbonyl (C=O) groups excluding carboxylic acids is 2. The summed E-state index contributed by atoms with van der Waals surface area (Å²) in [5.41, 5.74) is 8.09. The molecule has 0 radical (unpaired) electrons. The molecule has 36 heavy (non-hydrogen) atoms. The number of nitrogens with zero attached hydrogens (tertiary/aromatic N) is 1. The summed E-state index contributed by atoms with van der Waals surface area (Å²) in [5, 5.41) is 2.98. The summed E-state index contributed by atoms with van der Waals surface area (Å²) in [7, 11) is 1.35. The summed E-state index contributed by atoms with van der Waals surface area (Å²) < 4.78 is 4.67. The number of benzene rings is 3. The van der Waals surface area contributed by atoms with Crippen molar-refractivity contribution in [1.29, 1.82) is 0 Å². The first-order chi connectivity index (χ1) is 17.0. The second-order valence-electron chi connectivity index (χ2n) is 9.99. The van der Waals surface area contributed by atoms with Crippen LogP contribution in [0.25, 0.3) is 28.5 Å². The molecule has 0 aliphatic heterocycles. The van der Waals surface area contributed by atoms with Crippen molar-refractivity contribution in [2.45, 2.75) is 40.0 Å². The molecule has 0 saturated carbocycles. The maximum Gasteiger partial charge on any atom is 0.330 e. The number of esters is 1. The second kappa shape index (κ2) is 9.82. The number of anilines is 1. The van der Waals surface area contributed by atoms with Crippen LogP contribution in [0.2, 0.25) is 0 Å². The monoisotopic (exact) mass is 481 g/mol. The van der Waals surface area contributed by atoms with Crippen LogP contribution in [0, 0.1) is 13.8 Å². The van der Waals surface area contributed by atoms with E-state index in [-0.39, 0.29) is 11.3 Å². The Labute approximate surface area is 211 Å². The lowest BCUT2D eigenvalue weighted by atomic mass is 9.87. The van der Waals surface area contributed by atoms with E-state index < -0.39 is 5.97 Å². The summed E-state index contributed by atoms with van der Waals surface area (Å²) in [6.07, 6.45) is 3.14. The number of aryl methyl sites for hydroxylation is 2. The number of rotatable bonds is 5. The van der Waals surface area contributed by atoms with Crippen molar-refractivity contribution in [2.24, 2.45) is 0 Å². The van der Waals surface area contributed by atoms with E-state index in [1.807, 2.05) is 62.4 Å². The minimum absolute atomic E-state index is 0.0582. The Morgan fingerprint density at radius 2 is 1.64 bits per heavy atom. The predicted molar refractivity (Wildman–Crippen MR) is 145 cm³/mol. The molecule has 6 nitrogen and oxygen atoms in total. The van der Waals surface area contributed by atoms with Crippen LogP contribution in [0.5, 0.6) is 0 Å². The van der Waals surface area contributed by atoms with Crippen LogP contribution in [0.15, 0.2) is 60.7 Å². The van der Waals surface area contributed by atoms with Gasteiger partial charge in [0.15, 0.2) is 0 Å². The number of nitrogens with one attached hydrogen (secondary N) is 2. The molecule has 0 saturated heterocycles. The Bertz CT molecular complexity index is 1450. The van der Waals surface area contributed by atoms with Gasteiger partial charge in [-0.2, -0.15) is 0 Å². The van der Waals surface area contributed by atoms with E-state index in [0.29, 0.717) is 5.56 Å². The predicted octanol–water partition coefficient (Wildman–Crippen LogP) is 6.58. The molecular formula is C30H31N3O3. The average Bonchev–Trinajstić information content (AvgIpc) is 3.24. The molecule has 6 heteroatoms. The van der Waals surface area contributed by atoms with Crippen LogP contribution in [0.4, 0.5) is 5.69 Å². The third kappa shape index (κ3) is 5.38. The minimum Gasteiger partial charge on any atom is -0.466 e. The third-order valence-electron chi connectivity index (χ3n) is 6.16. The quantitative estimate of drug-likeness (QED) is 0.249. The van der Waals surface area contributed by atoms with Crippen LogP contribution in [0.1, 0.15) is 53.4 Å². The minimum atomic E-state index is -0.395. The fourth-order valence-electron chi connectivity index (χ4n) is 4.23. The highest BCUT2D eigenvalue weighted by atomic mass is 16.5. The molecule has 3 aromatic carbocycles. The van der Waals surface area contributed by atoms with Crippen LogP contribution in [0.3, 0.4) is 0 Å². The number of methoxy groups -OCH3 is 1. The van der Waals surface area contributed by atoms with Gasteiger partial charge in [-0.1, -0.05) is 45.0 Å². The number of ether oxygens (including phenoxy) is 1. The maximum absolute atomic E-state index is 12.9. The number of amides is 1. The number of imidazole rings is 1. The van der Waals surface area contributed by atoms with Crippen molar-refractivity contribution in [3.63, 3.8) is 0 Å². The Kier molecular flexibility index (Phi) is 6.80. The zero-order chi connectivity index (χ0) is 26.0. The topological polar surface area (TPSA) is 84.1 Å². The maximum atomic E-state index is 12.9. The smallest absolute Gasteiger partial charge is 0.330 e. The van der Waals surface area contributed by atoms with Crippen molar-refractivity contribution in [1.82, 2.24) is 9.97 Å². The lowest BCUT2D eigenvalue weighted by Gasteiger charge is -2.19. The Balaban J connectivity index is 1.58. The highest BCUT2D eigenvalue weighted by molar-refractivity contribution is 6.06. The van der Waals surface area contributed by atoms with Gasteiger partial charge < -0.3 is 15.0 Å². The molecule has 0 atom stereocenters. The molecule has 0 unspecified atom stereocenters. The van der Waals surface area contributed by atoms with Gasteiger partial charge in [0.1, 0.15) is 5.82 Å². The fraction of sp³-hybridized carbons (Fsp3) is 0.233. The van der Waals surface area contributed by atoms with Gasteiger partial charge in [-0.25, -0.2) is 9.78 Å². The third-order valence-corrected chi connectivity index (χ3v) is 6.16. The van der Waals surface area contributed by atoms with E-state index in [9.17, 15) is 9.59 Å². The molecule has 4 aromatic rings. The number of aromatic amines is 1. The van der Waals surface area contributed by atoms with Gasteiger partial charge in [-0.15, -0.1) is 0 Å². The van der Waals surface area contributed by atoms with E-state index in [2.05, 4.69) is 35.8 Å². The molecule has 0 aliphatic carbocycles. The molecule has 184 valence electrons. The average molecular weight is 482 g/mol. The molecule has 0 spiro atoms. The Morgan fingerprint density at radius 1 is 0.972 bits per heavy atom. The van der Waals surface area contributed by atoms with Crippen molar-refractivity contribution in [2.75, 3.05) is 12.4 Å². The van der Waals surface area contributed by atoms with Crippen molar-refractivity contribution in [3.8, 4) is 11.4 Å². The molecule has 1 heterocycles. The first-order valence-electron chi connectivity index (χ1n) is 11.8. The second-order valence-corrected chi connectivity index (χ2v) is 9.99. The van der Waals surface area contributed by atoms with Crippen LogP contribution < -0.4 is 5.32 Å². The number of H-pyrrole nitrogens is 1. The number of aromatic nitrogens is 2. The zero-order valence-electron chi connectivity index (χ0n) is 21.5. The Hall–Kier alpha value is -4.19. The van der Waals surface area contributed by atoms with E-state index in [1.165, 1.54) is 18.7 Å². The highest BCUT2D eigenvalue weighted by Gasteiger charge is 2.15. The first-order valence-corrected chi connectivity index (χ1v) is 11.8. The van der Waals surface area contributed by atoms with E-state index in [1.54, 1.807) is 12.1 Å². The first kappa shape index (κ1) is 24.9. The molecule has 4 rings (SSSR count). The Morgan fingerprint density at radius 3 is 2.25 bits per heavy atom.